The highest BCUT2D eigenvalue weighted by Crippen LogP contribution is 2.20. The molecule has 0 amide bonds. The van der Waals surface area contributed by atoms with Crippen LogP contribution in [0.25, 0.3) is 0 Å². The van der Waals surface area contributed by atoms with Crippen LogP contribution in [-0.4, -0.2) is 30.6 Å². The zero-order valence-electron chi connectivity index (χ0n) is 13.5. The van der Waals surface area contributed by atoms with Gasteiger partial charge in [0, 0.05) is 18.6 Å². The first kappa shape index (κ1) is 15.5. The van der Waals surface area contributed by atoms with E-state index >= 15 is 0 Å². The van der Waals surface area contributed by atoms with Crippen LogP contribution >= 0.6 is 0 Å². The molecule has 1 aliphatic rings. The fourth-order valence-corrected chi connectivity index (χ4v) is 3.31. The number of hydrogen-bond acceptors (Lipinski definition) is 2. The topological polar surface area (TPSA) is 15.3 Å². The van der Waals surface area contributed by atoms with Gasteiger partial charge in [0.05, 0.1) is 0 Å². The summed E-state index contributed by atoms with van der Waals surface area (Å²) in [6.07, 6.45) is 2.56. The van der Waals surface area contributed by atoms with Crippen molar-refractivity contribution in [1.29, 1.82) is 0 Å². The standard InChI is InChI=1S/C18H30N2/c1-14(2)13-20-11-9-17(10-12-20)19-16(4)18-8-6-5-7-15(18)3/h5-8,14,16-17,19H,9-13H2,1-4H3/t16-/m0/s1. The second kappa shape index (κ2) is 7.24. The highest BCUT2D eigenvalue weighted by molar-refractivity contribution is 5.28. The van der Waals surface area contributed by atoms with Gasteiger partial charge in [0.1, 0.15) is 0 Å². The van der Waals surface area contributed by atoms with Crippen molar-refractivity contribution in [2.75, 3.05) is 19.6 Å². The summed E-state index contributed by atoms with van der Waals surface area (Å²) in [7, 11) is 0. The van der Waals surface area contributed by atoms with Crippen molar-refractivity contribution in [3.05, 3.63) is 35.4 Å². The maximum atomic E-state index is 3.82. The Balaban J connectivity index is 1.82. The van der Waals surface area contributed by atoms with Gasteiger partial charge in [0.15, 0.2) is 0 Å². The van der Waals surface area contributed by atoms with Gasteiger partial charge in [-0.1, -0.05) is 38.1 Å². The van der Waals surface area contributed by atoms with Gasteiger partial charge in [0.25, 0.3) is 0 Å². The summed E-state index contributed by atoms with van der Waals surface area (Å²) in [5.74, 6) is 0.783. The molecule has 0 aromatic heterocycles. The van der Waals surface area contributed by atoms with E-state index < -0.39 is 0 Å². The highest BCUT2D eigenvalue weighted by Gasteiger charge is 2.21. The Morgan fingerprint density at radius 1 is 1.15 bits per heavy atom. The lowest BCUT2D eigenvalue weighted by Crippen LogP contribution is -2.44. The molecular formula is C18H30N2. The number of rotatable bonds is 5. The summed E-state index contributed by atoms with van der Waals surface area (Å²) in [5.41, 5.74) is 2.84. The number of benzene rings is 1. The summed E-state index contributed by atoms with van der Waals surface area (Å²) in [5, 5.41) is 3.82. The number of likely N-dealkylation sites (tertiary alicyclic amines) is 1. The van der Waals surface area contributed by atoms with E-state index in [-0.39, 0.29) is 0 Å². The van der Waals surface area contributed by atoms with Crippen molar-refractivity contribution in [1.82, 2.24) is 10.2 Å². The molecule has 0 saturated carbocycles. The van der Waals surface area contributed by atoms with Gasteiger partial charge in [-0.15, -0.1) is 0 Å². The third kappa shape index (κ3) is 4.32. The zero-order valence-corrected chi connectivity index (χ0v) is 13.5. The first-order chi connectivity index (χ1) is 9.56. The molecule has 112 valence electrons. The van der Waals surface area contributed by atoms with Gasteiger partial charge in [-0.25, -0.2) is 0 Å². The van der Waals surface area contributed by atoms with Crippen LogP contribution in [0.5, 0.6) is 0 Å². The average Bonchev–Trinajstić information content (AvgIpc) is 2.41. The van der Waals surface area contributed by atoms with Gasteiger partial charge in [0.2, 0.25) is 0 Å². The van der Waals surface area contributed by atoms with E-state index in [4.69, 9.17) is 0 Å². The molecule has 20 heavy (non-hydrogen) atoms. The van der Waals surface area contributed by atoms with Crippen molar-refractivity contribution in [3.63, 3.8) is 0 Å². The van der Waals surface area contributed by atoms with Crippen molar-refractivity contribution in [2.24, 2.45) is 5.92 Å². The summed E-state index contributed by atoms with van der Waals surface area (Å²) in [6, 6.07) is 9.85. The molecule has 1 aromatic rings. The number of hydrogen-bond donors (Lipinski definition) is 1. The first-order valence-electron chi connectivity index (χ1n) is 8.10. The van der Waals surface area contributed by atoms with E-state index in [9.17, 15) is 0 Å². The van der Waals surface area contributed by atoms with Gasteiger partial charge in [-0.3, -0.25) is 0 Å². The lowest BCUT2D eigenvalue weighted by atomic mass is 9.98. The van der Waals surface area contributed by atoms with Crippen LogP contribution in [-0.2, 0) is 0 Å². The first-order valence-corrected chi connectivity index (χ1v) is 8.10. The van der Waals surface area contributed by atoms with E-state index in [0.29, 0.717) is 12.1 Å². The lowest BCUT2D eigenvalue weighted by molar-refractivity contribution is 0.175. The minimum absolute atomic E-state index is 0.456. The van der Waals surface area contributed by atoms with Gasteiger partial charge in [-0.2, -0.15) is 0 Å². The molecule has 1 N–H and O–H groups in total. The number of nitrogens with zero attached hydrogens (tertiary/aromatic N) is 1. The Bertz CT molecular complexity index is 406. The van der Waals surface area contributed by atoms with Crippen LogP contribution in [0.2, 0.25) is 0 Å². The largest absolute Gasteiger partial charge is 0.307 e. The fourth-order valence-electron chi connectivity index (χ4n) is 3.31. The van der Waals surface area contributed by atoms with E-state index in [1.54, 1.807) is 0 Å². The van der Waals surface area contributed by atoms with Crippen LogP contribution in [0.15, 0.2) is 24.3 Å². The summed E-state index contributed by atoms with van der Waals surface area (Å²) in [6.45, 7) is 12.9. The Kier molecular flexibility index (Phi) is 5.62. The summed E-state index contributed by atoms with van der Waals surface area (Å²) < 4.78 is 0. The molecule has 2 rings (SSSR count). The predicted octanol–water partition coefficient (Wildman–Crippen LogP) is 3.77. The summed E-state index contributed by atoms with van der Waals surface area (Å²) in [4.78, 5) is 2.61. The molecule has 0 spiro atoms. The van der Waals surface area contributed by atoms with Crippen molar-refractivity contribution in [2.45, 2.75) is 52.6 Å². The van der Waals surface area contributed by atoms with Crippen LogP contribution in [0.3, 0.4) is 0 Å². The van der Waals surface area contributed by atoms with Crippen LogP contribution < -0.4 is 5.32 Å². The molecule has 1 heterocycles. The van der Waals surface area contributed by atoms with Crippen molar-refractivity contribution >= 4 is 0 Å². The third-order valence-corrected chi connectivity index (χ3v) is 4.35. The molecule has 1 aliphatic heterocycles. The highest BCUT2D eigenvalue weighted by atomic mass is 15.1. The molecule has 0 unspecified atom stereocenters. The van der Waals surface area contributed by atoms with E-state index in [1.165, 1.54) is 43.6 Å². The van der Waals surface area contributed by atoms with Gasteiger partial charge in [-0.05, 0) is 56.8 Å². The Morgan fingerprint density at radius 3 is 2.40 bits per heavy atom. The van der Waals surface area contributed by atoms with Crippen molar-refractivity contribution < 1.29 is 0 Å². The molecule has 1 fully saturated rings. The minimum atomic E-state index is 0.456. The molecule has 1 saturated heterocycles. The molecular weight excluding hydrogens is 244 g/mol. The average molecular weight is 274 g/mol. The lowest BCUT2D eigenvalue weighted by Gasteiger charge is -2.35. The van der Waals surface area contributed by atoms with E-state index in [1.807, 2.05) is 0 Å². The molecule has 0 radical (unpaired) electrons. The monoisotopic (exact) mass is 274 g/mol. The fraction of sp³-hybridized carbons (Fsp3) is 0.667. The normalized spacial score (nSPS) is 19.4. The molecule has 1 atom stereocenters. The maximum Gasteiger partial charge on any atom is 0.0296 e. The smallest absolute Gasteiger partial charge is 0.0296 e. The van der Waals surface area contributed by atoms with Gasteiger partial charge < -0.3 is 10.2 Å². The number of nitrogens with one attached hydrogen (secondary N) is 1. The summed E-state index contributed by atoms with van der Waals surface area (Å²) >= 11 is 0. The van der Waals surface area contributed by atoms with E-state index in [0.717, 1.165) is 5.92 Å². The SMILES string of the molecule is Cc1ccccc1[C@H](C)NC1CCN(CC(C)C)CC1. The Labute approximate surface area is 124 Å². The zero-order chi connectivity index (χ0) is 14.5. The Morgan fingerprint density at radius 2 is 1.80 bits per heavy atom. The molecule has 0 aliphatic carbocycles. The quantitative estimate of drug-likeness (QED) is 0.879. The molecule has 2 nitrogen and oxygen atoms in total. The molecule has 2 heteroatoms. The van der Waals surface area contributed by atoms with Crippen LogP contribution in [0.1, 0.15) is 50.8 Å². The predicted molar refractivity (Wildman–Crippen MR) is 87.0 cm³/mol. The third-order valence-electron chi connectivity index (χ3n) is 4.35. The maximum absolute atomic E-state index is 3.82. The van der Waals surface area contributed by atoms with Crippen molar-refractivity contribution in [3.8, 4) is 0 Å². The van der Waals surface area contributed by atoms with Crippen LogP contribution in [0.4, 0.5) is 0 Å². The van der Waals surface area contributed by atoms with E-state index in [2.05, 4.69) is 62.2 Å². The van der Waals surface area contributed by atoms with Gasteiger partial charge >= 0.3 is 0 Å². The second-order valence-electron chi connectivity index (χ2n) is 6.71. The number of piperidine rings is 1. The number of aryl methyl sites for hydroxylation is 1. The van der Waals surface area contributed by atoms with Crippen LogP contribution in [0, 0.1) is 12.8 Å². The second-order valence-corrected chi connectivity index (χ2v) is 6.71. The minimum Gasteiger partial charge on any atom is -0.307 e. The molecule has 1 aromatic carbocycles. The molecule has 0 bridgehead atoms. The Hall–Kier alpha value is -0.860.